The lowest BCUT2D eigenvalue weighted by molar-refractivity contribution is 0.0120. The average molecular weight is 358 g/mol. The fourth-order valence-electron chi connectivity index (χ4n) is 3.08. The van der Waals surface area contributed by atoms with Crippen LogP contribution < -0.4 is 5.32 Å². The Morgan fingerprint density at radius 2 is 2.23 bits per heavy atom. The van der Waals surface area contributed by atoms with Crippen LogP contribution in [0.4, 0.5) is 10.5 Å². The van der Waals surface area contributed by atoms with E-state index in [9.17, 15) is 4.79 Å². The summed E-state index contributed by atoms with van der Waals surface area (Å²) in [5, 5.41) is 6.89. The first-order valence-electron chi connectivity index (χ1n) is 9.05. The maximum atomic E-state index is 12.6. The number of benzene rings is 1. The van der Waals surface area contributed by atoms with E-state index in [2.05, 4.69) is 15.5 Å². The summed E-state index contributed by atoms with van der Waals surface area (Å²) in [4.78, 5) is 18.6. The largest absolute Gasteiger partial charge is 0.376 e. The van der Waals surface area contributed by atoms with Gasteiger partial charge in [-0.15, -0.1) is 0 Å². The van der Waals surface area contributed by atoms with E-state index in [-0.39, 0.29) is 12.1 Å². The predicted molar refractivity (Wildman–Crippen MR) is 98.2 cm³/mol. The maximum absolute atomic E-state index is 12.6. The van der Waals surface area contributed by atoms with Gasteiger partial charge in [-0.25, -0.2) is 4.79 Å². The number of aryl methyl sites for hydroxylation is 3. The first-order valence-corrected chi connectivity index (χ1v) is 9.05. The van der Waals surface area contributed by atoms with Crippen molar-refractivity contribution in [2.45, 2.75) is 46.1 Å². The molecule has 0 bridgehead atoms. The van der Waals surface area contributed by atoms with Crippen LogP contribution in [0.5, 0.6) is 0 Å². The Morgan fingerprint density at radius 1 is 1.38 bits per heavy atom. The van der Waals surface area contributed by atoms with Gasteiger partial charge >= 0.3 is 6.03 Å². The Hall–Kier alpha value is -2.41. The summed E-state index contributed by atoms with van der Waals surface area (Å²) in [5.74, 6) is 1.22. The molecule has 0 spiro atoms. The highest BCUT2D eigenvalue weighted by atomic mass is 16.5. The third-order valence-corrected chi connectivity index (χ3v) is 4.55. The first kappa shape index (κ1) is 18.4. The molecule has 26 heavy (non-hydrogen) atoms. The average Bonchev–Trinajstić information content (AvgIpc) is 3.03. The van der Waals surface area contributed by atoms with Crippen molar-refractivity contribution in [2.75, 3.05) is 25.0 Å². The Morgan fingerprint density at radius 3 is 3.00 bits per heavy atom. The van der Waals surface area contributed by atoms with E-state index < -0.39 is 0 Å². The molecule has 2 aromatic rings. The summed E-state index contributed by atoms with van der Waals surface area (Å²) in [7, 11) is 0. The lowest BCUT2D eigenvalue weighted by atomic mass is 10.1. The van der Waals surface area contributed by atoms with Gasteiger partial charge in [0, 0.05) is 32.1 Å². The molecule has 2 heterocycles. The lowest BCUT2D eigenvalue weighted by Gasteiger charge is -2.32. The molecular weight excluding hydrogens is 332 g/mol. The number of urea groups is 1. The number of piperidine rings is 1. The van der Waals surface area contributed by atoms with Crippen molar-refractivity contribution in [3.8, 4) is 0 Å². The number of aromatic nitrogens is 2. The van der Waals surface area contributed by atoms with Gasteiger partial charge < -0.3 is 19.5 Å². The molecule has 0 radical (unpaired) electrons. The van der Waals surface area contributed by atoms with Crippen LogP contribution in [0.25, 0.3) is 0 Å². The lowest BCUT2D eigenvalue weighted by Crippen LogP contribution is -2.45. The van der Waals surface area contributed by atoms with Crippen LogP contribution >= 0.6 is 0 Å². The number of nitrogens with zero attached hydrogens (tertiary/aromatic N) is 3. The second-order valence-electron chi connectivity index (χ2n) is 6.81. The predicted octanol–water partition coefficient (Wildman–Crippen LogP) is 3.25. The molecule has 1 saturated heterocycles. The van der Waals surface area contributed by atoms with E-state index in [1.54, 1.807) is 6.92 Å². The number of carbonyl (C=O) groups is 1. The van der Waals surface area contributed by atoms with Gasteiger partial charge in [-0.05, 0) is 43.9 Å². The Bertz CT molecular complexity index is 759. The quantitative estimate of drug-likeness (QED) is 0.887. The number of anilines is 1. The molecule has 2 amide bonds. The van der Waals surface area contributed by atoms with Crippen LogP contribution in [0.15, 0.2) is 22.7 Å². The molecule has 1 aliphatic rings. The molecule has 1 unspecified atom stereocenters. The third-order valence-electron chi connectivity index (χ3n) is 4.55. The van der Waals surface area contributed by atoms with E-state index >= 15 is 0 Å². The minimum atomic E-state index is -0.0687. The molecule has 7 nitrogen and oxygen atoms in total. The Kier molecular flexibility index (Phi) is 5.88. The molecule has 140 valence electrons. The molecule has 1 aromatic carbocycles. The number of nitrogens with one attached hydrogen (secondary N) is 1. The number of ether oxygens (including phenoxy) is 1. The molecule has 7 heteroatoms. The van der Waals surface area contributed by atoms with Crippen LogP contribution in [0.3, 0.4) is 0 Å². The SMILES string of the molecule is Cc1ccc(C)c(NC(=O)N2CCCC(OCCc3noc(C)n3)C2)c1. The second kappa shape index (κ2) is 8.31. The summed E-state index contributed by atoms with van der Waals surface area (Å²) < 4.78 is 10.9. The monoisotopic (exact) mass is 358 g/mol. The van der Waals surface area contributed by atoms with E-state index in [1.165, 1.54) is 0 Å². The normalized spacial score (nSPS) is 17.3. The van der Waals surface area contributed by atoms with Crippen molar-refractivity contribution in [3.63, 3.8) is 0 Å². The van der Waals surface area contributed by atoms with E-state index in [1.807, 2.05) is 36.9 Å². The van der Waals surface area contributed by atoms with Gasteiger partial charge in [-0.2, -0.15) is 4.98 Å². The molecule has 1 N–H and O–H groups in total. The minimum Gasteiger partial charge on any atom is -0.376 e. The van der Waals surface area contributed by atoms with Gasteiger partial charge in [0.1, 0.15) is 0 Å². The van der Waals surface area contributed by atoms with Crippen LogP contribution in [-0.2, 0) is 11.2 Å². The van der Waals surface area contributed by atoms with Crippen LogP contribution in [0.1, 0.15) is 35.7 Å². The zero-order chi connectivity index (χ0) is 18.5. The third kappa shape index (κ3) is 4.82. The molecule has 0 aliphatic carbocycles. The topological polar surface area (TPSA) is 80.5 Å². The minimum absolute atomic E-state index is 0.0427. The highest BCUT2D eigenvalue weighted by molar-refractivity contribution is 5.90. The zero-order valence-electron chi connectivity index (χ0n) is 15.6. The number of carbonyl (C=O) groups excluding carboxylic acids is 1. The molecule has 1 aliphatic heterocycles. The molecule has 1 fully saturated rings. The van der Waals surface area contributed by atoms with Crippen molar-refractivity contribution in [2.24, 2.45) is 0 Å². The van der Waals surface area contributed by atoms with Gasteiger partial charge in [0.2, 0.25) is 5.89 Å². The number of likely N-dealkylation sites (tertiary alicyclic amines) is 1. The first-order chi connectivity index (χ1) is 12.5. The van der Waals surface area contributed by atoms with Crippen LogP contribution in [0, 0.1) is 20.8 Å². The maximum Gasteiger partial charge on any atom is 0.321 e. The molecule has 1 atom stereocenters. The molecule has 0 saturated carbocycles. The van der Waals surface area contributed by atoms with E-state index in [0.29, 0.717) is 31.3 Å². The van der Waals surface area contributed by atoms with Crippen LogP contribution in [-0.4, -0.2) is 46.9 Å². The van der Waals surface area contributed by atoms with E-state index in [0.717, 1.165) is 36.2 Å². The summed E-state index contributed by atoms with van der Waals surface area (Å²) >= 11 is 0. The number of amides is 2. The highest BCUT2D eigenvalue weighted by Gasteiger charge is 2.24. The molecular formula is C19H26N4O3. The number of rotatable bonds is 5. The van der Waals surface area contributed by atoms with Crippen molar-refractivity contribution >= 4 is 11.7 Å². The summed E-state index contributed by atoms with van der Waals surface area (Å²) in [6, 6.07) is 5.99. The van der Waals surface area contributed by atoms with Crippen molar-refractivity contribution < 1.29 is 14.1 Å². The van der Waals surface area contributed by atoms with Crippen LogP contribution in [0.2, 0.25) is 0 Å². The molecule has 1 aromatic heterocycles. The van der Waals surface area contributed by atoms with E-state index in [4.69, 9.17) is 9.26 Å². The van der Waals surface area contributed by atoms with Crippen molar-refractivity contribution in [3.05, 3.63) is 41.0 Å². The van der Waals surface area contributed by atoms with Crippen molar-refractivity contribution in [1.29, 1.82) is 0 Å². The Labute approximate surface area is 153 Å². The van der Waals surface area contributed by atoms with Gasteiger partial charge in [0.15, 0.2) is 5.82 Å². The number of hydrogen-bond donors (Lipinski definition) is 1. The standard InChI is InChI=1S/C19H26N4O3/c1-13-6-7-14(2)17(11-13)21-19(24)23-9-4-5-16(12-23)25-10-8-18-20-15(3)26-22-18/h6-7,11,16H,4-5,8-10,12H2,1-3H3,(H,21,24). The second-order valence-corrected chi connectivity index (χ2v) is 6.81. The summed E-state index contributed by atoms with van der Waals surface area (Å²) in [6.45, 7) is 7.66. The van der Waals surface area contributed by atoms with Gasteiger partial charge in [-0.1, -0.05) is 17.3 Å². The molecule has 3 rings (SSSR count). The smallest absolute Gasteiger partial charge is 0.321 e. The fourth-order valence-corrected chi connectivity index (χ4v) is 3.08. The van der Waals surface area contributed by atoms with Crippen molar-refractivity contribution in [1.82, 2.24) is 15.0 Å². The summed E-state index contributed by atoms with van der Waals surface area (Å²) in [5.41, 5.74) is 3.05. The zero-order valence-corrected chi connectivity index (χ0v) is 15.6. The number of hydrogen-bond acceptors (Lipinski definition) is 5. The van der Waals surface area contributed by atoms with Gasteiger partial charge in [0.05, 0.1) is 12.7 Å². The fraction of sp³-hybridized carbons (Fsp3) is 0.526. The van der Waals surface area contributed by atoms with Gasteiger partial charge in [0.25, 0.3) is 0 Å². The summed E-state index contributed by atoms with van der Waals surface area (Å²) in [6.07, 6.45) is 2.55. The Balaban J connectivity index is 1.49. The highest BCUT2D eigenvalue weighted by Crippen LogP contribution is 2.19. The van der Waals surface area contributed by atoms with Gasteiger partial charge in [-0.3, -0.25) is 0 Å².